The molecule has 2 nitrogen and oxygen atoms in total. The number of benzene rings is 1. The number of aryl methyl sites for hydroxylation is 1. The van der Waals surface area contributed by atoms with Crippen LogP contribution >= 0.6 is 0 Å². The Hall–Kier alpha value is -2.01. The van der Waals surface area contributed by atoms with Crippen molar-refractivity contribution < 1.29 is 0 Å². The van der Waals surface area contributed by atoms with Gasteiger partial charge >= 0.3 is 0 Å². The highest BCUT2D eigenvalue weighted by Gasteiger charge is 2.06. The smallest absolute Gasteiger partial charge is 0.118 e. The zero-order valence-electron chi connectivity index (χ0n) is 7.94. The predicted molar refractivity (Wildman–Crippen MR) is 56.6 cm³/mol. The second kappa shape index (κ2) is 3.39. The quantitative estimate of drug-likeness (QED) is 0.617. The van der Waals surface area contributed by atoms with Crippen LogP contribution in [0, 0.1) is 12.3 Å². The lowest BCUT2D eigenvalue weighted by atomic mass is 10.1. The fraction of sp³-hybridized carbons (Fsp3) is 0.0833. The predicted octanol–water partition coefficient (Wildman–Crippen LogP) is 2.07. The summed E-state index contributed by atoms with van der Waals surface area (Å²) in [5.41, 5.74) is 2.93. The minimum Gasteiger partial charge on any atom is -0.259 e. The molecule has 0 N–H and O–H groups in total. The minimum absolute atomic E-state index is 0.816. The van der Waals surface area contributed by atoms with E-state index in [0.717, 1.165) is 16.8 Å². The van der Waals surface area contributed by atoms with Crippen LogP contribution in [0.1, 0.15) is 5.69 Å². The lowest BCUT2D eigenvalue weighted by Crippen LogP contribution is -1.93. The number of rotatable bonds is 1. The van der Waals surface area contributed by atoms with E-state index in [1.807, 2.05) is 37.4 Å². The normalized spacial score (nSPS) is 9.71. The zero-order valence-corrected chi connectivity index (χ0v) is 7.94. The zero-order chi connectivity index (χ0) is 9.97. The average Bonchev–Trinajstić information content (AvgIpc) is 2.61. The van der Waals surface area contributed by atoms with Gasteiger partial charge in [0.1, 0.15) is 5.69 Å². The van der Waals surface area contributed by atoms with Gasteiger partial charge in [-0.05, 0) is 11.5 Å². The van der Waals surface area contributed by atoms with Gasteiger partial charge in [-0.1, -0.05) is 30.3 Å². The van der Waals surface area contributed by atoms with Crippen LogP contribution in [-0.2, 0) is 7.05 Å². The maximum absolute atomic E-state index is 5.42. The fourth-order valence-electron chi connectivity index (χ4n) is 1.44. The summed E-state index contributed by atoms with van der Waals surface area (Å²) < 4.78 is 1.71. The third-order valence-electron chi connectivity index (χ3n) is 2.16. The van der Waals surface area contributed by atoms with Crippen molar-refractivity contribution in [2.24, 2.45) is 7.05 Å². The molecule has 2 heteroatoms. The topological polar surface area (TPSA) is 17.8 Å². The third-order valence-corrected chi connectivity index (χ3v) is 2.16. The fourth-order valence-corrected chi connectivity index (χ4v) is 1.44. The van der Waals surface area contributed by atoms with E-state index in [4.69, 9.17) is 6.42 Å². The number of nitrogens with zero attached hydrogens (tertiary/aromatic N) is 2. The molecule has 0 radical (unpaired) electrons. The first kappa shape index (κ1) is 8.58. The van der Waals surface area contributed by atoms with E-state index in [2.05, 4.69) is 11.0 Å². The second-order valence-electron chi connectivity index (χ2n) is 3.04. The maximum atomic E-state index is 5.42. The Bertz CT molecular complexity index is 475. The van der Waals surface area contributed by atoms with Crippen molar-refractivity contribution in [1.82, 2.24) is 9.78 Å². The molecular weight excluding hydrogens is 172 g/mol. The monoisotopic (exact) mass is 182 g/mol. The van der Waals surface area contributed by atoms with Crippen LogP contribution < -0.4 is 0 Å². The summed E-state index contributed by atoms with van der Waals surface area (Å²) in [7, 11) is 1.85. The van der Waals surface area contributed by atoms with Crippen LogP contribution in [0.5, 0.6) is 0 Å². The molecule has 0 aliphatic heterocycles. The number of hydrogen-bond acceptors (Lipinski definition) is 1. The summed E-state index contributed by atoms with van der Waals surface area (Å²) in [6, 6.07) is 10.0. The summed E-state index contributed by atoms with van der Waals surface area (Å²) in [5, 5.41) is 4.14. The van der Waals surface area contributed by atoms with Gasteiger partial charge in [-0.15, -0.1) is 6.42 Å². The van der Waals surface area contributed by atoms with Crippen LogP contribution in [0.2, 0.25) is 0 Å². The van der Waals surface area contributed by atoms with Gasteiger partial charge in [0.25, 0.3) is 0 Å². The van der Waals surface area contributed by atoms with Gasteiger partial charge in [0.05, 0.1) is 6.20 Å². The second-order valence-corrected chi connectivity index (χ2v) is 3.04. The largest absolute Gasteiger partial charge is 0.259 e. The Labute approximate surface area is 83.2 Å². The molecule has 1 aromatic carbocycles. The first-order chi connectivity index (χ1) is 6.83. The van der Waals surface area contributed by atoms with Crippen molar-refractivity contribution in [1.29, 1.82) is 0 Å². The molecule has 0 saturated heterocycles. The van der Waals surface area contributed by atoms with Gasteiger partial charge in [0.15, 0.2) is 0 Å². The van der Waals surface area contributed by atoms with Crippen LogP contribution in [-0.4, -0.2) is 9.78 Å². The lowest BCUT2D eigenvalue weighted by Gasteiger charge is -1.98. The highest BCUT2D eigenvalue weighted by Crippen LogP contribution is 2.21. The van der Waals surface area contributed by atoms with Gasteiger partial charge in [-0.25, -0.2) is 0 Å². The molecule has 2 aromatic rings. The summed E-state index contributed by atoms with van der Waals surface area (Å²) in [5.74, 6) is 2.64. The molecule has 0 aliphatic carbocycles. The van der Waals surface area contributed by atoms with Crippen molar-refractivity contribution in [2.75, 3.05) is 0 Å². The Balaban J connectivity index is 2.59. The molecule has 0 amide bonds. The first-order valence-corrected chi connectivity index (χ1v) is 4.37. The Morgan fingerprint density at radius 1 is 1.29 bits per heavy atom. The van der Waals surface area contributed by atoms with Gasteiger partial charge in [-0.3, -0.25) is 4.68 Å². The van der Waals surface area contributed by atoms with Crippen molar-refractivity contribution in [3.63, 3.8) is 0 Å². The van der Waals surface area contributed by atoms with E-state index in [1.165, 1.54) is 0 Å². The van der Waals surface area contributed by atoms with E-state index < -0.39 is 0 Å². The molecule has 0 spiro atoms. The van der Waals surface area contributed by atoms with E-state index in [0.29, 0.717) is 0 Å². The molecule has 0 unspecified atom stereocenters. The Kier molecular flexibility index (Phi) is 2.08. The van der Waals surface area contributed by atoms with Gasteiger partial charge in [0, 0.05) is 12.6 Å². The van der Waals surface area contributed by atoms with Crippen molar-refractivity contribution >= 4 is 0 Å². The average molecular weight is 182 g/mol. The summed E-state index contributed by atoms with van der Waals surface area (Å²) in [6.07, 6.45) is 7.22. The van der Waals surface area contributed by atoms with E-state index >= 15 is 0 Å². The molecule has 2 rings (SSSR count). The molecule has 0 saturated carbocycles. The number of hydrogen-bond donors (Lipinski definition) is 0. The number of aromatic nitrogens is 2. The molecule has 1 aromatic heterocycles. The van der Waals surface area contributed by atoms with Crippen LogP contribution in [0.4, 0.5) is 0 Å². The van der Waals surface area contributed by atoms with Gasteiger partial charge < -0.3 is 0 Å². The number of terminal acetylenes is 1. The standard InChI is InChI=1S/C12H10N2/c1-3-12-11(9-13-14(12)2)10-7-5-4-6-8-10/h1,4-9H,2H3. The van der Waals surface area contributed by atoms with Gasteiger partial charge in [-0.2, -0.15) is 5.10 Å². The molecule has 68 valence electrons. The van der Waals surface area contributed by atoms with Crippen molar-refractivity contribution in [3.05, 3.63) is 42.2 Å². The Morgan fingerprint density at radius 3 is 2.64 bits per heavy atom. The van der Waals surface area contributed by atoms with Gasteiger partial charge in [0.2, 0.25) is 0 Å². The molecule has 0 atom stereocenters. The molecule has 0 fully saturated rings. The summed E-state index contributed by atoms with van der Waals surface area (Å²) in [4.78, 5) is 0. The van der Waals surface area contributed by atoms with E-state index in [1.54, 1.807) is 10.9 Å². The molecular formula is C12H10N2. The summed E-state index contributed by atoms with van der Waals surface area (Å²) >= 11 is 0. The Morgan fingerprint density at radius 2 is 2.00 bits per heavy atom. The lowest BCUT2D eigenvalue weighted by molar-refractivity contribution is 0.758. The van der Waals surface area contributed by atoms with Crippen molar-refractivity contribution in [2.45, 2.75) is 0 Å². The SMILES string of the molecule is C#Cc1c(-c2ccccc2)cnn1C. The molecule has 1 heterocycles. The summed E-state index contributed by atoms with van der Waals surface area (Å²) in [6.45, 7) is 0. The van der Waals surface area contributed by atoms with E-state index in [-0.39, 0.29) is 0 Å². The van der Waals surface area contributed by atoms with E-state index in [9.17, 15) is 0 Å². The maximum Gasteiger partial charge on any atom is 0.118 e. The highest BCUT2D eigenvalue weighted by atomic mass is 15.3. The molecule has 14 heavy (non-hydrogen) atoms. The first-order valence-electron chi connectivity index (χ1n) is 4.37. The van der Waals surface area contributed by atoms with Crippen LogP contribution in [0.15, 0.2) is 36.5 Å². The minimum atomic E-state index is 0.816. The van der Waals surface area contributed by atoms with Crippen LogP contribution in [0.3, 0.4) is 0 Å². The highest BCUT2D eigenvalue weighted by molar-refractivity contribution is 5.68. The third kappa shape index (κ3) is 1.29. The van der Waals surface area contributed by atoms with Crippen molar-refractivity contribution in [3.8, 4) is 23.5 Å². The van der Waals surface area contributed by atoms with Crippen LogP contribution in [0.25, 0.3) is 11.1 Å². The molecule has 0 bridgehead atoms. The molecule has 0 aliphatic rings.